The minimum Gasteiger partial charge on any atom is -0.324 e. The van der Waals surface area contributed by atoms with Crippen LogP contribution in [0.25, 0.3) is 0 Å². The Balaban J connectivity index is 1.84. The molecule has 0 radical (unpaired) electrons. The van der Waals surface area contributed by atoms with Gasteiger partial charge in [0.15, 0.2) is 0 Å². The minimum absolute atomic E-state index is 0.198. The maximum absolute atomic E-state index is 4.64. The molecule has 14 heavy (non-hydrogen) atoms. The zero-order chi connectivity index (χ0) is 9.60. The average molecular weight is 225 g/mol. The van der Waals surface area contributed by atoms with Gasteiger partial charge in [0, 0.05) is 11.9 Å². The van der Waals surface area contributed by atoms with Crippen molar-refractivity contribution in [1.82, 2.24) is 4.72 Å². The number of aliphatic imine (C=N–C) groups is 1. The van der Waals surface area contributed by atoms with Gasteiger partial charge in [-0.05, 0) is 31.2 Å². The van der Waals surface area contributed by atoms with Gasteiger partial charge in [0.05, 0.1) is 11.2 Å². The summed E-state index contributed by atoms with van der Waals surface area (Å²) in [5, 5.41) is 5.39. The average Bonchev–Trinajstić information content (AvgIpc) is 2.73. The molecule has 5 heteroatoms. The molecule has 2 N–H and O–H groups in total. The smallest absolute Gasteiger partial charge is 0.206 e. The Morgan fingerprint density at radius 2 is 2.36 bits per heavy atom. The van der Waals surface area contributed by atoms with Gasteiger partial charge in [-0.3, -0.25) is 4.72 Å². The van der Waals surface area contributed by atoms with Gasteiger partial charge in [0.25, 0.3) is 0 Å². The van der Waals surface area contributed by atoms with Gasteiger partial charge >= 0.3 is 0 Å². The third-order valence-electron chi connectivity index (χ3n) is 2.48. The number of guanidine groups is 1. The van der Waals surface area contributed by atoms with Crippen LogP contribution in [-0.2, 0) is 0 Å². The summed E-state index contributed by atoms with van der Waals surface area (Å²) >= 11 is 3.39. The maximum Gasteiger partial charge on any atom is 0.206 e. The summed E-state index contributed by atoms with van der Waals surface area (Å²) in [6.07, 6.45) is 2.42. The zero-order valence-electron chi connectivity index (χ0n) is 7.83. The lowest BCUT2D eigenvalue weighted by atomic mass is 10.3. The standard InChI is InChI=1S/C9H11N3S2/c1-9(3-4-9)11-8-10-6-2-5-13-7(6)14-12-8/h2,5H,3-4H2,1H3,(H2,10,11,12). The predicted octanol–water partition coefficient (Wildman–Crippen LogP) is 2.68. The molecule has 1 saturated carbocycles. The van der Waals surface area contributed by atoms with Crippen molar-refractivity contribution in [2.45, 2.75) is 29.5 Å². The Labute approximate surface area is 91.1 Å². The van der Waals surface area contributed by atoms with Crippen molar-refractivity contribution in [1.29, 1.82) is 0 Å². The Morgan fingerprint density at radius 3 is 3.14 bits per heavy atom. The van der Waals surface area contributed by atoms with Crippen molar-refractivity contribution < 1.29 is 0 Å². The molecule has 0 spiro atoms. The third-order valence-corrected chi connectivity index (χ3v) is 4.42. The fourth-order valence-electron chi connectivity index (χ4n) is 1.33. The lowest BCUT2D eigenvalue weighted by Crippen LogP contribution is -2.30. The van der Waals surface area contributed by atoms with Gasteiger partial charge in [-0.1, -0.05) is 0 Å². The highest BCUT2D eigenvalue weighted by Gasteiger charge is 2.37. The van der Waals surface area contributed by atoms with E-state index in [-0.39, 0.29) is 5.54 Å². The highest BCUT2D eigenvalue weighted by atomic mass is 32.2. The molecule has 0 saturated heterocycles. The monoisotopic (exact) mass is 225 g/mol. The summed E-state index contributed by atoms with van der Waals surface area (Å²) < 4.78 is 4.51. The Morgan fingerprint density at radius 1 is 1.50 bits per heavy atom. The van der Waals surface area contributed by atoms with E-state index in [4.69, 9.17) is 0 Å². The molecule has 74 valence electrons. The number of rotatable bonds is 1. The summed E-state index contributed by atoms with van der Waals surface area (Å²) in [7, 11) is 0. The van der Waals surface area contributed by atoms with Crippen LogP contribution in [-0.4, -0.2) is 11.5 Å². The van der Waals surface area contributed by atoms with Gasteiger partial charge in [0.2, 0.25) is 5.96 Å². The Bertz CT molecular complexity index is 393. The number of anilines is 1. The molecule has 1 aromatic heterocycles. The Kier molecular flexibility index (Phi) is 1.79. The SMILES string of the molecule is CC1(N=C2NSc3sccc3N2)CC1. The minimum atomic E-state index is 0.198. The first-order valence-electron chi connectivity index (χ1n) is 4.62. The van der Waals surface area contributed by atoms with Crippen molar-refractivity contribution >= 4 is 34.9 Å². The topological polar surface area (TPSA) is 36.4 Å². The van der Waals surface area contributed by atoms with E-state index in [1.165, 1.54) is 22.7 Å². The number of hydrogen-bond donors (Lipinski definition) is 2. The first-order valence-corrected chi connectivity index (χ1v) is 6.32. The van der Waals surface area contributed by atoms with Crippen LogP contribution < -0.4 is 10.0 Å². The molecule has 3 nitrogen and oxygen atoms in total. The van der Waals surface area contributed by atoms with Gasteiger partial charge in [-0.2, -0.15) is 0 Å². The van der Waals surface area contributed by atoms with Crippen molar-refractivity contribution in [2.75, 3.05) is 5.32 Å². The second-order valence-corrected chi connectivity index (χ2v) is 5.90. The van der Waals surface area contributed by atoms with Crippen LogP contribution in [0.2, 0.25) is 0 Å². The van der Waals surface area contributed by atoms with Crippen LogP contribution in [0.15, 0.2) is 20.6 Å². The summed E-state index contributed by atoms with van der Waals surface area (Å²) in [5.74, 6) is 0.904. The number of fused-ring (bicyclic) bond motifs is 1. The van der Waals surface area contributed by atoms with Crippen LogP contribution in [0.5, 0.6) is 0 Å². The number of thiophene rings is 1. The molecular formula is C9H11N3S2. The zero-order valence-corrected chi connectivity index (χ0v) is 9.47. The molecular weight excluding hydrogens is 214 g/mol. The van der Waals surface area contributed by atoms with Crippen LogP contribution in [0, 0.1) is 0 Å². The third kappa shape index (κ3) is 1.50. The van der Waals surface area contributed by atoms with Gasteiger partial charge < -0.3 is 5.32 Å². The van der Waals surface area contributed by atoms with E-state index in [1.54, 1.807) is 23.3 Å². The summed E-state index contributed by atoms with van der Waals surface area (Å²) in [5.41, 5.74) is 1.38. The summed E-state index contributed by atoms with van der Waals surface area (Å²) in [4.78, 5) is 4.64. The number of hydrogen-bond acceptors (Lipinski definition) is 3. The molecule has 1 aliphatic heterocycles. The molecule has 1 aromatic rings. The quantitative estimate of drug-likeness (QED) is 0.721. The van der Waals surface area contributed by atoms with Crippen molar-refractivity contribution in [3.8, 4) is 0 Å². The highest BCUT2D eigenvalue weighted by molar-refractivity contribution is 8.00. The predicted molar refractivity (Wildman–Crippen MR) is 62.0 cm³/mol. The van der Waals surface area contributed by atoms with Crippen molar-refractivity contribution in [2.24, 2.45) is 4.99 Å². The normalized spacial score (nSPS) is 25.1. The van der Waals surface area contributed by atoms with Crippen LogP contribution >= 0.6 is 23.3 Å². The first kappa shape index (κ1) is 8.61. The molecule has 0 unspecified atom stereocenters. The van der Waals surface area contributed by atoms with Crippen LogP contribution in [0.4, 0.5) is 5.69 Å². The lowest BCUT2D eigenvalue weighted by Gasteiger charge is -2.18. The molecule has 0 bridgehead atoms. The molecule has 0 atom stereocenters. The van der Waals surface area contributed by atoms with E-state index in [2.05, 4.69) is 33.4 Å². The molecule has 2 heterocycles. The van der Waals surface area contributed by atoms with Gasteiger partial charge in [-0.15, -0.1) is 11.3 Å². The number of nitrogens with zero attached hydrogens (tertiary/aromatic N) is 1. The highest BCUT2D eigenvalue weighted by Crippen LogP contribution is 2.40. The molecule has 0 amide bonds. The lowest BCUT2D eigenvalue weighted by molar-refractivity contribution is 0.761. The largest absolute Gasteiger partial charge is 0.324 e. The molecule has 3 rings (SSSR count). The van der Waals surface area contributed by atoms with E-state index in [0.29, 0.717) is 0 Å². The van der Waals surface area contributed by atoms with Gasteiger partial charge in [-0.25, -0.2) is 4.99 Å². The fourth-order valence-corrected chi connectivity index (χ4v) is 2.90. The van der Waals surface area contributed by atoms with Gasteiger partial charge in [0.1, 0.15) is 4.21 Å². The summed E-state index contributed by atoms with van der Waals surface area (Å²) in [6, 6.07) is 2.10. The molecule has 1 fully saturated rings. The van der Waals surface area contributed by atoms with E-state index in [0.717, 1.165) is 5.96 Å². The van der Waals surface area contributed by atoms with E-state index in [9.17, 15) is 0 Å². The second kappa shape index (κ2) is 2.90. The molecule has 1 aliphatic carbocycles. The van der Waals surface area contributed by atoms with Crippen molar-refractivity contribution in [3.05, 3.63) is 11.4 Å². The fraction of sp³-hybridized carbons (Fsp3) is 0.444. The van der Waals surface area contributed by atoms with E-state index < -0.39 is 0 Å². The molecule has 0 aromatic carbocycles. The second-order valence-electron chi connectivity index (χ2n) is 3.91. The van der Waals surface area contributed by atoms with E-state index in [1.807, 2.05) is 0 Å². The van der Waals surface area contributed by atoms with Crippen LogP contribution in [0.3, 0.4) is 0 Å². The maximum atomic E-state index is 4.64. The number of nitrogens with one attached hydrogen (secondary N) is 2. The summed E-state index contributed by atoms with van der Waals surface area (Å²) in [6.45, 7) is 2.19. The van der Waals surface area contributed by atoms with E-state index >= 15 is 0 Å². The first-order chi connectivity index (χ1) is 6.75. The Hall–Kier alpha value is -0.680. The van der Waals surface area contributed by atoms with Crippen molar-refractivity contribution in [3.63, 3.8) is 0 Å². The van der Waals surface area contributed by atoms with Crippen LogP contribution in [0.1, 0.15) is 19.8 Å². The molecule has 2 aliphatic rings.